The highest BCUT2D eigenvalue weighted by atomic mass is 19.4. The van der Waals surface area contributed by atoms with Crippen molar-refractivity contribution in [3.63, 3.8) is 0 Å². The largest absolute Gasteiger partial charge is 0.507 e. The Morgan fingerprint density at radius 3 is 2.42 bits per heavy atom. The van der Waals surface area contributed by atoms with E-state index in [0.29, 0.717) is 44.0 Å². The molecule has 0 radical (unpaired) electrons. The Morgan fingerprint density at radius 1 is 1.06 bits per heavy atom. The highest BCUT2D eigenvalue weighted by molar-refractivity contribution is 5.99. The molecule has 3 rings (SSSR count). The fourth-order valence-corrected chi connectivity index (χ4v) is 3.42. The Balaban J connectivity index is 1.61. The van der Waals surface area contributed by atoms with Gasteiger partial charge in [-0.15, -0.1) is 0 Å². The quantitative estimate of drug-likeness (QED) is 0.703. The number of carbonyl (C=O) groups is 2. The molecular formula is C22H24F3N3O3. The predicted molar refractivity (Wildman–Crippen MR) is 110 cm³/mol. The molecule has 2 aromatic carbocycles. The number of rotatable bonds is 5. The first-order valence-corrected chi connectivity index (χ1v) is 9.98. The molecule has 2 N–H and O–H groups in total. The Labute approximate surface area is 178 Å². The summed E-state index contributed by atoms with van der Waals surface area (Å²) in [5.74, 6) is -0.734. The molecule has 0 aromatic heterocycles. The summed E-state index contributed by atoms with van der Waals surface area (Å²) >= 11 is 0. The van der Waals surface area contributed by atoms with Gasteiger partial charge >= 0.3 is 6.18 Å². The summed E-state index contributed by atoms with van der Waals surface area (Å²) in [4.78, 5) is 28.0. The van der Waals surface area contributed by atoms with Crippen LogP contribution in [0.1, 0.15) is 34.8 Å². The van der Waals surface area contributed by atoms with E-state index in [9.17, 15) is 27.9 Å². The maximum Gasteiger partial charge on any atom is 0.416 e. The number of phenolic OH excluding ortho intramolecular Hbond substituents is 1. The van der Waals surface area contributed by atoms with Crippen LogP contribution in [0.5, 0.6) is 5.75 Å². The van der Waals surface area contributed by atoms with E-state index in [1.165, 1.54) is 24.3 Å². The van der Waals surface area contributed by atoms with Crippen LogP contribution in [0.15, 0.2) is 42.5 Å². The maximum absolute atomic E-state index is 12.9. The van der Waals surface area contributed by atoms with Crippen LogP contribution in [-0.4, -0.2) is 52.9 Å². The van der Waals surface area contributed by atoms with Gasteiger partial charge in [0.05, 0.1) is 11.1 Å². The molecule has 1 heterocycles. The Hall–Kier alpha value is -3.07. The number of nitrogens with one attached hydrogen (secondary N) is 1. The van der Waals surface area contributed by atoms with Crippen LogP contribution >= 0.6 is 0 Å². The third-order valence-corrected chi connectivity index (χ3v) is 5.15. The molecule has 31 heavy (non-hydrogen) atoms. The molecular weight excluding hydrogens is 411 g/mol. The number of phenols is 1. The summed E-state index contributed by atoms with van der Waals surface area (Å²) in [6, 6.07) is 9.57. The standard InChI is InChI=1S/C22H24F3N3O3/c1-2-20(30)26-17-6-7-19(29)18(13-17)21(31)28-10-8-27(9-11-28)14-15-4-3-5-16(12-15)22(23,24)25/h3-7,12-13,29H,2,8-11,14H2,1H3,(H,26,30). The van der Waals surface area contributed by atoms with Gasteiger partial charge in [0.15, 0.2) is 0 Å². The molecule has 1 saturated heterocycles. The number of halogens is 3. The molecule has 2 amide bonds. The van der Waals surface area contributed by atoms with Crippen molar-refractivity contribution >= 4 is 17.5 Å². The normalized spacial score (nSPS) is 15.0. The molecule has 9 heteroatoms. The zero-order valence-corrected chi connectivity index (χ0v) is 17.1. The fourth-order valence-electron chi connectivity index (χ4n) is 3.42. The smallest absolute Gasteiger partial charge is 0.416 e. The van der Waals surface area contributed by atoms with Gasteiger partial charge < -0.3 is 15.3 Å². The average molecular weight is 435 g/mol. The van der Waals surface area contributed by atoms with Gasteiger partial charge in [0.1, 0.15) is 5.75 Å². The van der Waals surface area contributed by atoms with Crippen molar-refractivity contribution in [2.45, 2.75) is 26.1 Å². The van der Waals surface area contributed by atoms with Crippen molar-refractivity contribution in [1.82, 2.24) is 9.80 Å². The second kappa shape index (κ2) is 9.38. The van der Waals surface area contributed by atoms with Crippen LogP contribution in [0.25, 0.3) is 0 Å². The molecule has 1 aliphatic heterocycles. The number of amides is 2. The lowest BCUT2D eigenvalue weighted by Gasteiger charge is -2.35. The molecule has 1 fully saturated rings. The molecule has 0 aliphatic carbocycles. The van der Waals surface area contributed by atoms with Gasteiger partial charge in [-0.3, -0.25) is 14.5 Å². The number of benzene rings is 2. The predicted octanol–water partition coefficient (Wildman–Crippen LogP) is 3.72. The lowest BCUT2D eigenvalue weighted by molar-refractivity contribution is -0.137. The maximum atomic E-state index is 12.9. The molecule has 1 aliphatic rings. The summed E-state index contributed by atoms with van der Waals surface area (Å²) in [7, 11) is 0. The van der Waals surface area contributed by atoms with E-state index in [1.807, 2.05) is 4.90 Å². The van der Waals surface area contributed by atoms with E-state index in [0.717, 1.165) is 12.1 Å². The zero-order chi connectivity index (χ0) is 22.6. The number of alkyl halides is 3. The van der Waals surface area contributed by atoms with Crippen molar-refractivity contribution in [1.29, 1.82) is 0 Å². The number of carbonyl (C=O) groups excluding carboxylic acids is 2. The Bertz CT molecular complexity index is 955. The fraction of sp³-hybridized carbons (Fsp3) is 0.364. The minimum absolute atomic E-state index is 0.0974. The van der Waals surface area contributed by atoms with E-state index >= 15 is 0 Å². The van der Waals surface area contributed by atoms with Gasteiger partial charge in [-0.05, 0) is 29.8 Å². The monoisotopic (exact) mass is 435 g/mol. The minimum atomic E-state index is -4.38. The second-order valence-corrected chi connectivity index (χ2v) is 7.40. The topological polar surface area (TPSA) is 72.9 Å². The van der Waals surface area contributed by atoms with Gasteiger partial charge in [-0.1, -0.05) is 25.1 Å². The minimum Gasteiger partial charge on any atom is -0.507 e. The molecule has 166 valence electrons. The van der Waals surface area contributed by atoms with Crippen molar-refractivity contribution in [3.05, 3.63) is 59.2 Å². The SMILES string of the molecule is CCC(=O)Nc1ccc(O)c(C(=O)N2CCN(Cc3cccc(C(F)(F)F)c3)CC2)c1. The summed E-state index contributed by atoms with van der Waals surface area (Å²) in [6.45, 7) is 3.81. The van der Waals surface area contributed by atoms with Crippen molar-refractivity contribution < 1.29 is 27.9 Å². The number of hydrogen-bond acceptors (Lipinski definition) is 4. The molecule has 0 bridgehead atoms. The van der Waals surface area contributed by atoms with E-state index in [4.69, 9.17) is 0 Å². The summed E-state index contributed by atoms with van der Waals surface area (Å²) in [6.07, 6.45) is -4.09. The van der Waals surface area contributed by atoms with Crippen LogP contribution < -0.4 is 5.32 Å². The lowest BCUT2D eigenvalue weighted by atomic mass is 10.1. The molecule has 0 unspecified atom stereocenters. The first kappa shape index (κ1) is 22.6. The first-order valence-electron chi connectivity index (χ1n) is 9.98. The number of piperazine rings is 1. The summed E-state index contributed by atoms with van der Waals surface area (Å²) in [5.41, 5.74) is 0.410. The average Bonchev–Trinajstić information content (AvgIpc) is 2.74. The van der Waals surface area contributed by atoms with Crippen LogP contribution in [-0.2, 0) is 17.5 Å². The van der Waals surface area contributed by atoms with Crippen LogP contribution in [0.2, 0.25) is 0 Å². The highest BCUT2D eigenvalue weighted by Crippen LogP contribution is 2.30. The van der Waals surface area contributed by atoms with E-state index < -0.39 is 11.7 Å². The Morgan fingerprint density at radius 2 is 1.77 bits per heavy atom. The summed E-state index contributed by atoms with van der Waals surface area (Å²) in [5, 5.41) is 12.8. The van der Waals surface area contributed by atoms with Gasteiger partial charge in [0, 0.05) is 44.8 Å². The molecule has 0 atom stereocenters. The lowest BCUT2D eigenvalue weighted by Crippen LogP contribution is -2.48. The Kier molecular flexibility index (Phi) is 6.84. The van der Waals surface area contributed by atoms with Crippen molar-refractivity contribution in [2.75, 3.05) is 31.5 Å². The van der Waals surface area contributed by atoms with Crippen LogP contribution in [0.4, 0.5) is 18.9 Å². The van der Waals surface area contributed by atoms with Gasteiger partial charge in [0.2, 0.25) is 5.91 Å². The number of hydrogen-bond donors (Lipinski definition) is 2. The number of anilines is 1. The van der Waals surface area contributed by atoms with Gasteiger partial charge in [0.25, 0.3) is 5.91 Å². The van der Waals surface area contributed by atoms with Gasteiger partial charge in [-0.25, -0.2) is 0 Å². The number of nitrogens with zero attached hydrogens (tertiary/aromatic N) is 2. The van der Waals surface area contributed by atoms with E-state index in [-0.39, 0.29) is 29.5 Å². The molecule has 0 saturated carbocycles. The molecule has 6 nitrogen and oxygen atoms in total. The van der Waals surface area contributed by atoms with Crippen molar-refractivity contribution in [3.8, 4) is 5.75 Å². The van der Waals surface area contributed by atoms with Crippen LogP contribution in [0, 0.1) is 0 Å². The van der Waals surface area contributed by atoms with E-state index in [1.54, 1.807) is 17.9 Å². The molecule has 2 aromatic rings. The van der Waals surface area contributed by atoms with Crippen molar-refractivity contribution in [2.24, 2.45) is 0 Å². The number of aromatic hydroxyl groups is 1. The second-order valence-electron chi connectivity index (χ2n) is 7.40. The van der Waals surface area contributed by atoms with Crippen LogP contribution in [0.3, 0.4) is 0 Å². The van der Waals surface area contributed by atoms with Gasteiger partial charge in [-0.2, -0.15) is 13.2 Å². The third kappa shape index (κ3) is 5.75. The third-order valence-electron chi connectivity index (χ3n) is 5.15. The molecule has 0 spiro atoms. The highest BCUT2D eigenvalue weighted by Gasteiger charge is 2.30. The summed E-state index contributed by atoms with van der Waals surface area (Å²) < 4.78 is 38.7. The zero-order valence-electron chi connectivity index (χ0n) is 17.1. The van der Waals surface area contributed by atoms with E-state index in [2.05, 4.69) is 5.32 Å². The first-order chi connectivity index (χ1) is 14.7.